The van der Waals surface area contributed by atoms with Gasteiger partial charge in [-0.15, -0.1) is 0 Å². The Balaban J connectivity index is 1.86. The molecule has 3 unspecified atom stereocenters. The number of hydrogen-bond acceptors (Lipinski definition) is 4. The number of amides is 2. The molecule has 136 valence electrons. The van der Waals surface area contributed by atoms with Crippen LogP contribution in [0.25, 0.3) is 0 Å². The topological polar surface area (TPSA) is 84.5 Å². The SMILES string of the molecule is COC(=O)CC(NC(=O)CCNC(=O)C1CC1C)c1ccc(F)cc1. The van der Waals surface area contributed by atoms with Crippen LogP contribution in [0, 0.1) is 17.7 Å². The average molecular weight is 350 g/mol. The number of hydrogen-bond donors (Lipinski definition) is 2. The molecule has 6 nitrogen and oxygen atoms in total. The van der Waals surface area contributed by atoms with Crippen LogP contribution in [0.4, 0.5) is 4.39 Å². The minimum atomic E-state index is -0.611. The van der Waals surface area contributed by atoms with E-state index in [1.54, 1.807) is 0 Å². The molecule has 0 aromatic heterocycles. The van der Waals surface area contributed by atoms with Crippen molar-refractivity contribution in [1.29, 1.82) is 0 Å². The summed E-state index contributed by atoms with van der Waals surface area (Å²) in [6.45, 7) is 2.25. The van der Waals surface area contributed by atoms with E-state index in [-0.39, 0.29) is 37.1 Å². The Bertz CT molecular complexity index is 632. The maximum Gasteiger partial charge on any atom is 0.307 e. The normalized spacial score (nSPS) is 19.6. The van der Waals surface area contributed by atoms with E-state index in [4.69, 9.17) is 0 Å². The molecule has 2 N–H and O–H groups in total. The molecule has 2 rings (SSSR count). The van der Waals surface area contributed by atoms with Crippen LogP contribution in [0.5, 0.6) is 0 Å². The smallest absolute Gasteiger partial charge is 0.307 e. The quantitative estimate of drug-likeness (QED) is 0.699. The highest BCUT2D eigenvalue weighted by Gasteiger charge is 2.38. The first kappa shape index (κ1) is 18.9. The Morgan fingerprint density at radius 1 is 1.28 bits per heavy atom. The highest BCUT2D eigenvalue weighted by molar-refractivity contribution is 5.82. The number of halogens is 1. The van der Waals surface area contributed by atoms with Crippen LogP contribution in [0.2, 0.25) is 0 Å². The monoisotopic (exact) mass is 350 g/mol. The summed E-state index contributed by atoms with van der Waals surface area (Å²) in [5, 5.41) is 5.47. The molecule has 0 heterocycles. The summed E-state index contributed by atoms with van der Waals surface area (Å²) in [6.07, 6.45) is 0.940. The fourth-order valence-electron chi connectivity index (χ4n) is 2.58. The highest BCUT2D eigenvalue weighted by atomic mass is 19.1. The van der Waals surface area contributed by atoms with Crippen LogP contribution in [0.3, 0.4) is 0 Å². The lowest BCUT2D eigenvalue weighted by Crippen LogP contribution is -2.34. The van der Waals surface area contributed by atoms with Gasteiger partial charge in [0.15, 0.2) is 0 Å². The zero-order chi connectivity index (χ0) is 18.4. The van der Waals surface area contributed by atoms with Gasteiger partial charge in [-0.1, -0.05) is 19.1 Å². The largest absolute Gasteiger partial charge is 0.469 e. The van der Waals surface area contributed by atoms with Crippen molar-refractivity contribution in [3.05, 3.63) is 35.6 Å². The van der Waals surface area contributed by atoms with Crippen molar-refractivity contribution in [3.8, 4) is 0 Å². The summed E-state index contributed by atoms with van der Waals surface area (Å²) in [5.74, 6) is -0.729. The van der Waals surface area contributed by atoms with Gasteiger partial charge in [0, 0.05) is 18.9 Å². The van der Waals surface area contributed by atoms with Gasteiger partial charge in [-0.3, -0.25) is 14.4 Å². The predicted molar refractivity (Wildman–Crippen MR) is 88.8 cm³/mol. The average Bonchev–Trinajstić information content (AvgIpc) is 3.31. The molecule has 1 aromatic carbocycles. The molecule has 0 saturated heterocycles. The Morgan fingerprint density at radius 3 is 2.48 bits per heavy atom. The van der Waals surface area contributed by atoms with Crippen molar-refractivity contribution >= 4 is 17.8 Å². The van der Waals surface area contributed by atoms with Crippen molar-refractivity contribution in [3.63, 3.8) is 0 Å². The van der Waals surface area contributed by atoms with E-state index in [1.807, 2.05) is 6.92 Å². The van der Waals surface area contributed by atoms with E-state index in [1.165, 1.54) is 31.4 Å². The van der Waals surface area contributed by atoms with E-state index in [0.29, 0.717) is 11.5 Å². The van der Waals surface area contributed by atoms with Crippen LogP contribution < -0.4 is 10.6 Å². The summed E-state index contributed by atoms with van der Waals surface area (Å²) < 4.78 is 17.7. The molecular weight excluding hydrogens is 327 g/mol. The Hall–Kier alpha value is -2.44. The first-order chi connectivity index (χ1) is 11.9. The molecule has 1 aromatic rings. The van der Waals surface area contributed by atoms with Crippen LogP contribution in [-0.4, -0.2) is 31.4 Å². The predicted octanol–water partition coefficient (Wildman–Crippen LogP) is 1.71. The molecule has 1 aliphatic rings. The molecule has 0 radical (unpaired) electrons. The van der Waals surface area contributed by atoms with Gasteiger partial charge < -0.3 is 15.4 Å². The van der Waals surface area contributed by atoms with E-state index in [9.17, 15) is 18.8 Å². The van der Waals surface area contributed by atoms with E-state index in [2.05, 4.69) is 15.4 Å². The van der Waals surface area contributed by atoms with Crippen molar-refractivity contribution in [2.24, 2.45) is 11.8 Å². The minimum absolute atomic E-state index is 0.0232. The van der Waals surface area contributed by atoms with Crippen LogP contribution >= 0.6 is 0 Å². The second kappa shape index (κ2) is 8.60. The third-order valence-corrected chi connectivity index (χ3v) is 4.30. The fourth-order valence-corrected chi connectivity index (χ4v) is 2.58. The maximum atomic E-state index is 13.1. The van der Waals surface area contributed by atoms with Gasteiger partial charge in [0.1, 0.15) is 5.82 Å². The molecular formula is C18H23FN2O4. The zero-order valence-corrected chi connectivity index (χ0v) is 14.4. The van der Waals surface area contributed by atoms with Crippen molar-refractivity contribution in [2.75, 3.05) is 13.7 Å². The van der Waals surface area contributed by atoms with Crippen LogP contribution in [0.1, 0.15) is 37.8 Å². The third-order valence-electron chi connectivity index (χ3n) is 4.30. The molecule has 0 spiro atoms. The summed E-state index contributed by atoms with van der Waals surface area (Å²) >= 11 is 0. The van der Waals surface area contributed by atoms with Crippen molar-refractivity contribution < 1.29 is 23.5 Å². The summed E-state index contributed by atoms with van der Waals surface area (Å²) in [4.78, 5) is 35.4. The number of methoxy groups -OCH3 is 1. The molecule has 25 heavy (non-hydrogen) atoms. The van der Waals surface area contributed by atoms with Gasteiger partial charge >= 0.3 is 5.97 Å². The molecule has 0 aliphatic heterocycles. The summed E-state index contributed by atoms with van der Waals surface area (Å²) in [6, 6.07) is 4.95. The first-order valence-electron chi connectivity index (χ1n) is 8.30. The van der Waals surface area contributed by atoms with Gasteiger partial charge in [0.25, 0.3) is 0 Å². The van der Waals surface area contributed by atoms with E-state index >= 15 is 0 Å². The third kappa shape index (κ3) is 5.85. The number of benzene rings is 1. The number of ether oxygens (including phenoxy) is 1. The van der Waals surface area contributed by atoms with Gasteiger partial charge in [-0.05, 0) is 30.0 Å². The van der Waals surface area contributed by atoms with E-state index in [0.717, 1.165) is 6.42 Å². The fraction of sp³-hybridized carbons (Fsp3) is 0.500. The minimum Gasteiger partial charge on any atom is -0.469 e. The number of carbonyl (C=O) groups excluding carboxylic acids is 3. The molecule has 3 atom stereocenters. The first-order valence-corrected chi connectivity index (χ1v) is 8.30. The second-order valence-electron chi connectivity index (χ2n) is 6.31. The van der Waals surface area contributed by atoms with Crippen LogP contribution in [-0.2, 0) is 19.1 Å². The highest BCUT2D eigenvalue weighted by Crippen LogP contribution is 2.37. The molecule has 1 fully saturated rings. The molecule has 7 heteroatoms. The number of esters is 1. The Morgan fingerprint density at radius 2 is 1.92 bits per heavy atom. The lowest BCUT2D eigenvalue weighted by molar-refractivity contribution is -0.141. The maximum absolute atomic E-state index is 13.1. The van der Waals surface area contributed by atoms with Crippen molar-refractivity contribution in [1.82, 2.24) is 10.6 Å². The van der Waals surface area contributed by atoms with Crippen LogP contribution in [0.15, 0.2) is 24.3 Å². The van der Waals surface area contributed by atoms with Gasteiger partial charge in [-0.2, -0.15) is 0 Å². The molecule has 0 bridgehead atoms. The summed E-state index contributed by atoms with van der Waals surface area (Å²) in [7, 11) is 1.26. The molecule has 1 saturated carbocycles. The van der Waals surface area contributed by atoms with E-state index < -0.39 is 17.8 Å². The number of rotatable bonds is 8. The van der Waals surface area contributed by atoms with Gasteiger partial charge in [-0.25, -0.2) is 4.39 Å². The zero-order valence-electron chi connectivity index (χ0n) is 14.4. The second-order valence-corrected chi connectivity index (χ2v) is 6.31. The number of nitrogens with one attached hydrogen (secondary N) is 2. The molecule has 2 amide bonds. The van der Waals surface area contributed by atoms with Crippen molar-refractivity contribution in [2.45, 2.75) is 32.2 Å². The summed E-state index contributed by atoms with van der Waals surface area (Å²) in [5.41, 5.74) is 0.607. The van der Waals surface area contributed by atoms with Gasteiger partial charge in [0.05, 0.1) is 19.6 Å². The Kier molecular flexibility index (Phi) is 6.50. The number of carbonyl (C=O) groups is 3. The Labute approximate surface area is 146 Å². The lowest BCUT2D eigenvalue weighted by Gasteiger charge is -2.18. The standard InChI is InChI=1S/C18H23FN2O4/c1-11-9-14(11)18(24)20-8-7-16(22)21-15(10-17(23)25-2)12-3-5-13(19)6-4-12/h3-6,11,14-15H,7-10H2,1-2H3,(H,20,24)(H,21,22). The lowest BCUT2D eigenvalue weighted by atomic mass is 10.0. The van der Waals surface area contributed by atoms with Gasteiger partial charge in [0.2, 0.25) is 11.8 Å². The molecule has 1 aliphatic carbocycles.